The van der Waals surface area contributed by atoms with Crippen LogP contribution in [0, 0.1) is 32.6 Å². The Bertz CT molecular complexity index is 3820. The quantitative estimate of drug-likeness (QED) is 0.129. The Hall–Kier alpha value is -8.40. The fraction of sp³-hybridized carbons (Fsp3) is 0.167. The minimum absolute atomic E-state index is 0.300. The van der Waals surface area contributed by atoms with Crippen LogP contribution in [0.5, 0.6) is 0 Å². The largest absolute Gasteiger partial charge is 0.456 e. The fourth-order valence-corrected chi connectivity index (χ4v) is 12.9. The van der Waals surface area contributed by atoms with Crippen LogP contribution in [0.4, 0.5) is 34.1 Å². The van der Waals surface area contributed by atoms with Crippen LogP contribution in [0.1, 0.15) is 61.3 Å². The van der Waals surface area contributed by atoms with Gasteiger partial charge in [-0.3, -0.25) is 0 Å². The van der Waals surface area contributed by atoms with Crippen LogP contribution in [-0.2, 0) is 5.41 Å². The molecule has 2 saturated carbocycles. The molecule has 75 heavy (non-hydrogen) atoms. The molecule has 0 saturated heterocycles. The van der Waals surface area contributed by atoms with Crippen LogP contribution in [-0.4, -0.2) is 0 Å². The van der Waals surface area contributed by atoms with Crippen molar-refractivity contribution < 1.29 is 4.42 Å². The van der Waals surface area contributed by atoms with E-state index in [9.17, 15) is 0 Å². The number of aryl methyl sites for hydroxylation is 3. The third kappa shape index (κ3) is 8.91. The zero-order valence-corrected chi connectivity index (χ0v) is 43.4. The zero-order chi connectivity index (χ0) is 50.6. The second kappa shape index (κ2) is 19.1. The molecule has 13 rings (SSSR count). The van der Waals surface area contributed by atoms with E-state index in [-0.39, 0.29) is 0 Å². The van der Waals surface area contributed by atoms with Gasteiger partial charge in [-0.1, -0.05) is 171 Å². The molecular formula is C72H62N2O. The van der Waals surface area contributed by atoms with E-state index in [0.717, 1.165) is 67.9 Å². The maximum atomic E-state index is 6.37. The Morgan fingerprint density at radius 1 is 0.373 bits per heavy atom. The number of benzene rings is 10. The van der Waals surface area contributed by atoms with Crippen molar-refractivity contribution in [3.05, 3.63) is 253 Å². The molecule has 0 radical (unpaired) electrons. The summed E-state index contributed by atoms with van der Waals surface area (Å²) in [5.41, 5.74) is 23.6. The predicted octanol–water partition coefficient (Wildman–Crippen LogP) is 20.6. The molecule has 0 N–H and O–H groups in total. The number of furan rings is 1. The van der Waals surface area contributed by atoms with Gasteiger partial charge in [0.25, 0.3) is 0 Å². The number of fused-ring (bicyclic) bond motifs is 5. The lowest BCUT2D eigenvalue weighted by Crippen LogP contribution is -2.30. The number of rotatable bonds is 11. The summed E-state index contributed by atoms with van der Waals surface area (Å²) >= 11 is 0. The van der Waals surface area contributed by atoms with Crippen molar-refractivity contribution in [1.29, 1.82) is 0 Å². The molecule has 3 heteroatoms. The van der Waals surface area contributed by atoms with Crippen molar-refractivity contribution in [2.45, 2.75) is 65.2 Å². The smallest absolute Gasteiger partial charge is 0.137 e. The maximum Gasteiger partial charge on any atom is 0.137 e. The van der Waals surface area contributed by atoms with E-state index in [0.29, 0.717) is 5.41 Å². The Kier molecular flexibility index (Phi) is 11.8. The number of nitrogens with zero attached hydrogens (tertiary/aromatic N) is 2. The second-order valence-electron chi connectivity index (χ2n) is 21.9. The van der Waals surface area contributed by atoms with Gasteiger partial charge in [0, 0.05) is 51.0 Å². The van der Waals surface area contributed by atoms with Crippen LogP contribution in [0.15, 0.2) is 235 Å². The van der Waals surface area contributed by atoms with E-state index in [2.05, 4.69) is 256 Å². The van der Waals surface area contributed by atoms with Gasteiger partial charge in [-0.25, -0.2) is 0 Å². The van der Waals surface area contributed by atoms with Gasteiger partial charge in [0.15, 0.2) is 0 Å². The first-order valence-electron chi connectivity index (χ1n) is 27.0. The molecule has 11 aromatic rings. The van der Waals surface area contributed by atoms with Crippen LogP contribution < -0.4 is 9.80 Å². The topological polar surface area (TPSA) is 19.6 Å². The average molecular weight is 971 g/mol. The molecule has 2 aliphatic carbocycles. The van der Waals surface area contributed by atoms with Crippen LogP contribution >= 0.6 is 0 Å². The first kappa shape index (κ1) is 46.4. The molecule has 2 aliphatic rings. The molecule has 1 unspecified atom stereocenters. The average Bonchev–Trinajstić information content (AvgIpc) is 4.02. The van der Waals surface area contributed by atoms with Crippen LogP contribution in [0.3, 0.4) is 0 Å². The van der Waals surface area contributed by atoms with Gasteiger partial charge in [0.2, 0.25) is 0 Å². The molecule has 1 heterocycles. The summed E-state index contributed by atoms with van der Waals surface area (Å²) in [6, 6.07) is 84.7. The minimum Gasteiger partial charge on any atom is -0.456 e. The monoisotopic (exact) mass is 970 g/mol. The van der Waals surface area contributed by atoms with Crippen LogP contribution in [0.2, 0.25) is 0 Å². The van der Waals surface area contributed by atoms with Crippen LogP contribution in [0.25, 0.3) is 66.4 Å². The highest BCUT2D eigenvalue weighted by atomic mass is 16.3. The molecule has 0 spiro atoms. The molecule has 1 aromatic heterocycles. The van der Waals surface area contributed by atoms with Crippen molar-refractivity contribution in [1.82, 2.24) is 0 Å². The van der Waals surface area contributed by atoms with E-state index < -0.39 is 0 Å². The van der Waals surface area contributed by atoms with E-state index in [1.54, 1.807) is 0 Å². The number of hydrogen-bond donors (Lipinski definition) is 0. The van der Waals surface area contributed by atoms with Gasteiger partial charge >= 0.3 is 0 Å². The molecule has 366 valence electrons. The highest BCUT2D eigenvalue weighted by Crippen LogP contribution is 2.52. The first-order valence-corrected chi connectivity index (χ1v) is 27.0. The van der Waals surface area contributed by atoms with Gasteiger partial charge in [0.05, 0.1) is 0 Å². The minimum atomic E-state index is 0.300. The molecule has 2 bridgehead atoms. The number of hydrogen-bond acceptors (Lipinski definition) is 3. The van der Waals surface area contributed by atoms with Crippen molar-refractivity contribution in [3.8, 4) is 44.5 Å². The fourth-order valence-electron chi connectivity index (χ4n) is 12.9. The summed E-state index contributed by atoms with van der Waals surface area (Å²) in [5, 5.41) is 2.26. The number of anilines is 6. The van der Waals surface area contributed by atoms with E-state index in [4.69, 9.17) is 4.42 Å². The lowest BCUT2D eigenvalue weighted by atomic mass is 9.66. The summed E-state index contributed by atoms with van der Waals surface area (Å²) < 4.78 is 6.37. The highest BCUT2D eigenvalue weighted by molar-refractivity contribution is 6.06. The Balaban J connectivity index is 0.779. The van der Waals surface area contributed by atoms with Gasteiger partial charge in [0.1, 0.15) is 11.2 Å². The lowest BCUT2D eigenvalue weighted by Gasteiger charge is -2.38. The van der Waals surface area contributed by atoms with E-state index >= 15 is 0 Å². The molecule has 0 aliphatic heterocycles. The summed E-state index contributed by atoms with van der Waals surface area (Å²) in [7, 11) is 0. The predicted molar refractivity (Wildman–Crippen MR) is 316 cm³/mol. The van der Waals surface area contributed by atoms with Gasteiger partial charge in [-0.2, -0.15) is 0 Å². The first-order chi connectivity index (χ1) is 36.7. The normalized spacial score (nSPS) is 17.1. The van der Waals surface area contributed by atoms with E-state index in [1.165, 1.54) is 98.9 Å². The summed E-state index contributed by atoms with van der Waals surface area (Å²) in [6.07, 6.45) is 6.97. The Morgan fingerprint density at radius 3 is 1.33 bits per heavy atom. The molecule has 2 fully saturated rings. The second-order valence-corrected chi connectivity index (χ2v) is 21.9. The SMILES string of the molecule is Cc1ccc(N(c2ccc3c(c2)oc2ccccc23)c2ccc(-c3ccc(-c4ccc(N(c5ccc(-c6ccccc6)cc5)c5ccc(-c6ccc(C7(C)C[C@@H]8CC[C@@H](C8)C7)cc6)cc5)c(C)c4)cc3)cc2C)cc1. The van der Waals surface area contributed by atoms with Crippen molar-refractivity contribution >= 4 is 56.1 Å². The molecule has 3 atom stereocenters. The zero-order valence-electron chi connectivity index (χ0n) is 43.4. The van der Waals surface area contributed by atoms with Crippen molar-refractivity contribution in [2.24, 2.45) is 11.8 Å². The van der Waals surface area contributed by atoms with Gasteiger partial charge < -0.3 is 14.2 Å². The summed E-state index contributed by atoms with van der Waals surface area (Å²) in [6.45, 7) is 9.11. The highest BCUT2D eigenvalue weighted by Gasteiger charge is 2.41. The third-order valence-electron chi connectivity index (χ3n) is 16.7. The number of para-hydroxylation sites is 1. The van der Waals surface area contributed by atoms with Crippen molar-refractivity contribution in [3.63, 3.8) is 0 Å². The van der Waals surface area contributed by atoms with E-state index in [1.807, 2.05) is 12.1 Å². The summed E-state index contributed by atoms with van der Waals surface area (Å²) in [4.78, 5) is 4.75. The molecule has 3 nitrogen and oxygen atoms in total. The van der Waals surface area contributed by atoms with Crippen molar-refractivity contribution in [2.75, 3.05) is 9.80 Å². The Labute approximate surface area is 442 Å². The maximum absolute atomic E-state index is 6.37. The standard InChI is InChI=1S/C72H62N2O/c1-48-14-32-62(33-15-48)74(65-38-39-67-66-12-8-9-13-70(66)75-71(67)45-65)69-41-29-60(43-50(69)3)58-20-18-57(19-21-58)59-28-40-68(49(2)42-59)73(63-34-24-55(25-35-63)53-10-6-5-7-11-53)64-36-26-56(27-37-64)54-22-30-61(31-23-54)72(4)46-51-16-17-52(44-51)47-72/h5-15,18-43,45,51-52H,16-17,44,46-47H2,1-4H3/t51-,52+,72?. The summed E-state index contributed by atoms with van der Waals surface area (Å²) in [5.74, 6) is 1.82. The van der Waals surface area contributed by atoms with Gasteiger partial charge in [-0.05, 0) is 197 Å². The third-order valence-corrected chi connectivity index (χ3v) is 16.7. The Morgan fingerprint density at radius 2 is 0.787 bits per heavy atom. The van der Waals surface area contributed by atoms with Gasteiger partial charge in [-0.15, -0.1) is 0 Å². The molecule has 0 amide bonds. The lowest BCUT2D eigenvalue weighted by molar-refractivity contribution is 0.232. The molecular weight excluding hydrogens is 909 g/mol. The molecule has 10 aromatic carbocycles.